The zero-order chi connectivity index (χ0) is 14.3. The smallest absolute Gasteiger partial charge is 0.274 e. The van der Waals surface area contributed by atoms with E-state index in [9.17, 15) is 18.0 Å². The minimum atomic E-state index is -2.79. The van der Waals surface area contributed by atoms with Crippen LogP contribution < -0.4 is 5.56 Å². The van der Waals surface area contributed by atoms with Crippen molar-refractivity contribution in [2.45, 2.75) is 6.43 Å². The van der Waals surface area contributed by atoms with Gasteiger partial charge in [0.2, 0.25) is 0 Å². The van der Waals surface area contributed by atoms with Crippen molar-refractivity contribution in [3.8, 4) is 11.1 Å². The van der Waals surface area contributed by atoms with Gasteiger partial charge >= 0.3 is 0 Å². The van der Waals surface area contributed by atoms with Gasteiger partial charge in [-0.2, -0.15) is 5.10 Å². The molecule has 4 nitrogen and oxygen atoms in total. The number of halogens is 3. The molecule has 20 heavy (non-hydrogen) atoms. The molecule has 0 fully saturated rings. The highest BCUT2D eigenvalue weighted by Gasteiger charge is 2.15. The van der Waals surface area contributed by atoms with Crippen molar-refractivity contribution in [2.24, 2.45) is 0 Å². The van der Waals surface area contributed by atoms with Crippen LogP contribution in [0.2, 0.25) is 0 Å². The minimum absolute atomic E-state index is 0.179. The van der Waals surface area contributed by atoms with Gasteiger partial charge in [0.1, 0.15) is 11.3 Å². The lowest BCUT2D eigenvalue weighted by Crippen LogP contribution is -2.08. The molecule has 0 bridgehead atoms. The molecule has 0 saturated carbocycles. The maximum absolute atomic E-state index is 13.4. The Bertz CT molecular complexity index is 838. The average Bonchev–Trinajstić information content (AvgIpc) is 2.83. The van der Waals surface area contributed by atoms with Crippen molar-refractivity contribution in [1.82, 2.24) is 14.6 Å². The second-order valence-corrected chi connectivity index (χ2v) is 4.21. The number of aromatic nitrogens is 3. The predicted molar refractivity (Wildman–Crippen MR) is 66.2 cm³/mol. The van der Waals surface area contributed by atoms with Crippen LogP contribution in [0.5, 0.6) is 0 Å². The first kappa shape index (κ1) is 12.5. The van der Waals surface area contributed by atoms with Crippen molar-refractivity contribution < 1.29 is 13.2 Å². The fourth-order valence-corrected chi connectivity index (χ4v) is 2.06. The van der Waals surface area contributed by atoms with E-state index in [0.717, 1.165) is 18.2 Å². The van der Waals surface area contributed by atoms with E-state index >= 15 is 0 Å². The third-order valence-electron chi connectivity index (χ3n) is 2.92. The summed E-state index contributed by atoms with van der Waals surface area (Å²) >= 11 is 0. The Labute approximate surface area is 110 Å². The van der Waals surface area contributed by atoms with Gasteiger partial charge < -0.3 is 4.98 Å². The standard InChI is InChI=1S/C13H8F3N3O/c14-9-4-7(3-8(5-9)12(15)16)10-6-18-19-2-1-17-13(20)11(10)19/h1-6,12H,(H,17,20). The lowest BCUT2D eigenvalue weighted by atomic mass is 10.0. The van der Waals surface area contributed by atoms with Gasteiger partial charge in [0.25, 0.3) is 12.0 Å². The Morgan fingerprint density at radius 3 is 2.80 bits per heavy atom. The number of hydrogen-bond acceptors (Lipinski definition) is 2. The largest absolute Gasteiger partial charge is 0.326 e. The number of alkyl halides is 2. The zero-order valence-electron chi connectivity index (χ0n) is 9.98. The summed E-state index contributed by atoms with van der Waals surface area (Å²) in [6.45, 7) is 0. The summed E-state index contributed by atoms with van der Waals surface area (Å²) in [7, 11) is 0. The Kier molecular flexibility index (Phi) is 2.81. The van der Waals surface area contributed by atoms with E-state index in [1.54, 1.807) is 0 Å². The first-order valence-electron chi connectivity index (χ1n) is 5.70. The number of hydrogen-bond donors (Lipinski definition) is 1. The lowest BCUT2D eigenvalue weighted by molar-refractivity contribution is 0.151. The van der Waals surface area contributed by atoms with E-state index in [-0.39, 0.29) is 11.1 Å². The van der Waals surface area contributed by atoms with Crippen LogP contribution in [-0.2, 0) is 0 Å². The number of fused-ring (bicyclic) bond motifs is 1. The number of benzene rings is 1. The minimum Gasteiger partial charge on any atom is -0.326 e. The van der Waals surface area contributed by atoms with Crippen LogP contribution in [0.1, 0.15) is 12.0 Å². The van der Waals surface area contributed by atoms with E-state index in [1.807, 2.05) is 0 Å². The molecule has 0 aliphatic rings. The van der Waals surface area contributed by atoms with E-state index in [1.165, 1.54) is 23.1 Å². The molecule has 0 saturated heterocycles. The zero-order valence-corrected chi connectivity index (χ0v) is 9.98. The van der Waals surface area contributed by atoms with Crippen LogP contribution in [0, 0.1) is 5.82 Å². The summed E-state index contributed by atoms with van der Waals surface area (Å²) in [5.74, 6) is -0.787. The average molecular weight is 279 g/mol. The first-order chi connectivity index (χ1) is 9.56. The molecule has 2 heterocycles. The third kappa shape index (κ3) is 1.97. The van der Waals surface area contributed by atoms with Crippen LogP contribution in [0.25, 0.3) is 16.6 Å². The highest BCUT2D eigenvalue weighted by molar-refractivity contribution is 5.79. The lowest BCUT2D eigenvalue weighted by Gasteiger charge is -2.04. The number of aromatic amines is 1. The van der Waals surface area contributed by atoms with Gasteiger partial charge in [-0.1, -0.05) is 0 Å². The maximum atomic E-state index is 13.4. The van der Waals surface area contributed by atoms with Crippen LogP contribution in [0.4, 0.5) is 13.2 Å². The molecule has 3 rings (SSSR count). The molecular weight excluding hydrogens is 271 g/mol. The molecule has 0 aliphatic heterocycles. The SMILES string of the molecule is O=c1[nH]ccn2ncc(-c3cc(F)cc(C(F)F)c3)c12. The van der Waals surface area contributed by atoms with Crippen molar-refractivity contribution in [3.05, 3.63) is 58.5 Å². The molecule has 0 amide bonds. The molecule has 2 aromatic heterocycles. The van der Waals surface area contributed by atoms with Crippen LogP contribution in [0.3, 0.4) is 0 Å². The summed E-state index contributed by atoms with van der Waals surface area (Å²) in [6.07, 6.45) is 1.47. The van der Waals surface area contributed by atoms with Crippen LogP contribution >= 0.6 is 0 Å². The van der Waals surface area contributed by atoms with E-state index in [4.69, 9.17) is 0 Å². The van der Waals surface area contributed by atoms with Gasteiger partial charge in [-0.15, -0.1) is 0 Å². The van der Waals surface area contributed by atoms with Gasteiger partial charge in [-0.25, -0.2) is 17.7 Å². The van der Waals surface area contributed by atoms with Crippen LogP contribution in [0.15, 0.2) is 41.6 Å². The number of nitrogens with one attached hydrogen (secondary N) is 1. The van der Waals surface area contributed by atoms with Gasteiger partial charge in [0, 0.05) is 23.5 Å². The first-order valence-corrected chi connectivity index (χ1v) is 5.70. The Balaban J connectivity index is 2.28. The summed E-state index contributed by atoms with van der Waals surface area (Å²) < 4.78 is 40.2. The van der Waals surface area contributed by atoms with Gasteiger partial charge in [0.05, 0.1) is 6.20 Å². The molecule has 0 unspecified atom stereocenters. The number of rotatable bonds is 2. The monoisotopic (exact) mass is 279 g/mol. The Morgan fingerprint density at radius 2 is 2.05 bits per heavy atom. The molecule has 3 aromatic rings. The second-order valence-electron chi connectivity index (χ2n) is 4.21. The van der Waals surface area contributed by atoms with Crippen molar-refractivity contribution in [1.29, 1.82) is 0 Å². The third-order valence-corrected chi connectivity index (χ3v) is 2.92. The molecule has 1 aromatic carbocycles. The highest BCUT2D eigenvalue weighted by Crippen LogP contribution is 2.28. The van der Waals surface area contributed by atoms with Gasteiger partial charge in [0.15, 0.2) is 0 Å². The Hall–Kier alpha value is -2.57. The summed E-state index contributed by atoms with van der Waals surface area (Å²) in [5, 5.41) is 3.95. The predicted octanol–water partition coefficient (Wildman–Crippen LogP) is 2.77. The topological polar surface area (TPSA) is 50.2 Å². The molecule has 1 N–H and O–H groups in total. The molecule has 0 aliphatic carbocycles. The van der Waals surface area contributed by atoms with E-state index < -0.39 is 23.4 Å². The normalized spacial score (nSPS) is 11.4. The van der Waals surface area contributed by atoms with Gasteiger partial charge in [-0.05, 0) is 23.8 Å². The van der Waals surface area contributed by atoms with Crippen molar-refractivity contribution in [3.63, 3.8) is 0 Å². The molecule has 0 spiro atoms. The number of nitrogens with zero attached hydrogens (tertiary/aromatic N) is 2. The van der Waals surface area contributed by atoms with E-state index in [0.29, 0.717) is 5.56 Å². The molecule has 102 valence electrons. The summed E-state index contributed by atoms with van der Waals surface area (Å²) in [4.78, 5) is 14.2. The second kappa shape index (κ2) is 4.52. The molecule has 7 heteroatoms. The maximum Gasteiger partial charge on any atom is 0.274 e. The van der Waals surface area contributed by atoms with E-state index in [2.05, 4.69) is 10.1 Å². The van der Waals surface area contributed by atoms with Crippen molar-refractivity contribution in [2.75, 3.05) is 0 Å². The molecular formula is C13H8F3N3O. The van der Waals surface area contributed by atoms with Crippen LogP contribution in [-0.4, -0.2) is 14.6 Å². The highest BCUT2D eigenvalue weighted by atomic mass is 19.3. The molecule has 0 atom stereocenters. The quantitative estimate of drug-likeness (QED) is 0.784. The number of H-pyrrole nitrogens is 1. The van der Waals surface area contributed by atoms with Crippen molar-refractivity contribution >= 4 is 5.52 Å². The summed E-state index contributed by atoms with van der Waals surface area (Å²) in [5.41, 5.74) is -0.201. The Morgan fingerprint density at radius 1 is 1.25 bits per heavy atom. The fourth-order valence-electron chi connectivity index (χ4n) is 2.06. The summed E-state index contributed by atoms with van der Waals surface area (Å²) in [6, 6.07) is 3.01. The molecule has 0 radical (unpaired) electrons. The fraction of sp³-hybridized carbons (Fsp3) is 0.0769. The van der Waals surface area contributed by atoms with Gasteiger partial charge in [-0.3, -0.25) is 4.79 Å².